The van der Waals surface area contributed by atoms with Gasteiger partial charge in [0.05, 0.1) is 13.2 Å². The van der Waals surface area contributed by atoms with E-state index < -0.39 is 0 Å². The number of hydrogen-bond acceptors (Lipinski definition) is 3. The van der Waals surface area contributed by atoms with Gasteiger partial charge in [-0.3, -0.25) is 0 Å². The van der Waals surface area contributed by atoms with E-state index in [1.807, 2.05) is 6.07 Å². The summed E-state index contributed by atoms with van der Waals surface area (Å²) in [4.78, 5) is 2.20. The summed E-state index contributed by atoms with van der Waals surface area (Å²) < 4.78 is 19.4. The minimum Gasteiger partial charge on any atom is -0.378 e. The molecule has 4 heteroatoms. The SMILES string of the molecule is CC(C)(C)NCc1c(F)cccc1N1CCOCC1. The second kappa shape index (κ2) is 5.88. The Bertz CT molecular complexity index is 423. The molecule has 0 radical (unpaired) electrons. The van der Waals surface area contributed by atoms with Gasteiger partial charge in [0.25, 0.3) is 0 Å². The maximum atomic E-state index is 14.1. The lowest BCUT2D eigenvalue weighted by Gasteiger charge is -2.31. The van der Waals surface area contributed by atoms with Crippen molar-refractivity contribution < 1.29 is 9.13 Å². The van der Waals surface area contributed by atoms with E-state index in [0.29, 0.717) is 19.8 Å². The van der Waals surface area contributed by atoms with Crippen LogP contribution >= 0.6 is 0 Å². The molecule has 1 aromatic rings. The van der Waals surface area contributed by atoms with Crippen LogP contribution in [0.1, 0.15) is 26.3 Å². The van der Waals surface area contributed by atoms with E-state index in [1.54, 1.807) is 6.07 Å². The molecule has 1 aliphatic rings. The first-order valence-corrected chi connectivity index (χ1v) is 6.82. The fourth-order valence-corrected chi connectivity index (χ4v) is 2.18. The first-order valence-electron chi connectivity index (χ1n) is 6.82. The summed E-state index contributed by atoms with van der Waals surface area (Å²) in [5.41, 5.74) is 1.71. The Balaban J connectivity index is 2.20. The second-order valence-electron chi connectivity index (χ2n) is 5.94. The molecule has 2 rings (SSSR count). The van der Waals surface area contributed by atoms with E-state index >= 15 is 0 Å². The summed E-state index contributed by atoms with van der Waals surface area (Å²) in [6.07, 6.45) is 0. The molecule has 1 N–H and O–H groups in total. The van der Waals surface area contributed by atoms with Gasteiger partial charge in [0.15, 0.2) is 0 Å². The highest BCUT2D eigenvalue weighted by Gasteiger charge is 2.18. The molecule has 0 saturated carbocycles. The molecule has 0 spiro atoms. The minimum atomic E-state index is -0.138. The standard InChI is InChI=1S/C15H23FN2O/c1-15(2,3)17-11-12-13(16)5-4-6-14(12)18-7-9-19-10-8-18/h4-6,17H,7-11H2,1-3H3. The third kappa shape index (κ3) is 3.91. The number of rotatable bonds is 3. The topological polar surface area (TPSA) is 24.5 Å². The summed E-state index contributed by atoms with van der Waals surface area (Å²) in [7, 11) is 0. The van der Waals surface area contributed by atoms with Crippen molar-refractivity contribution in [3.8, 4) is 0 Å². The molecule has 106 valence electrons. The van der Waals surface area contributed by atoms with Crippen molar-refractivity contribution in [1.29, 1.82) is 0 Å². The molecular formula is C15H23FN2O. The highest BCUT2D eigenvalue weighted by Crippen LogP contribution is 2.24. The third-order valence-electron chi connectivity index (χ3n) is 3.24. The zero-order chi connectivity index (χ0) is 13.9. The maximum absolute atomic E-state index is 14.1. The van der Waals surface area contributed by atoms with Crippen LogP contribution in [-0.2, 0) is 11.3 Å². The van der Waals surface area contributed by atoms with E-state index in [2.05, 4.69) is 31.0 Å². The summed E-state index contributed by atoms with van der Waals surface area (Å²) in [6, 6.07) is 5.30. The van der Waals surface area contributed by atoms with Crippen molar-refractivity contribution in [3.63, 3.8) is 0 Å². The lowest BCUT2D eigenvalue weighted by atomic mass is 10.1. The maximum Gasteiger partial charge on any atom is 0.129 e. The molecule has 0 unspecified atom stereocenters. The van der Waals surface area contributed by atoms with Gasteiger partial charge in [0, 0.05) is 36.4 Å². The Morgan fingerprint density at radius 3 is 2.58 bits per heavy atom. The van der Waals surface area contributed by atoms with Gasteiger partial charge >= 0.3 is 0 Å². The number of halogens is 1. The number of hydrogen-bond donors (Lipinski definition) is 1. The number of anilines is 1. The largest absolute Gasteiger partial charge is 0.378 e. The monoisotopic (exact) mass is 266 g/mol. The smallest absolute Gasteiger partial charge is 0.129 e. The fraction of sp³-hybridized carbons (Fsp3) is 0.600. The summed E-state index contributed by atoms with van der Waals surface area (Å²) in [5.74, 6) is -0.138. The van der Waals surface area contributed by atoms with E-state index in [9.17, 15) is 4.39 Å². The average Bonchev–Trinajstić information content (AvgIpc) is 2.37. The predicted molar refractivity (Wildman–Crippen MR) is 76.0 cm³/mol. The molecule has 1 heterocycles. The Labute approximate surface area is 114 Å². The molecule has 1 saturated heterocycles. The van der Waals surface area contributed by atoms with Gasteiger partial charge in [-0.15, -0.1) is 0 Å². The zero-order valence-electron chi connectivity index (χ0n) is 12.0. The van der Waals surface area contributed by atoms with Crippen LogP contribution in [0, 0.1) is 5.82 Å². The minimum absolute atomic E-state index is 0.0233. The van der Waals surface area contributed by atoms with E-state index in [0.717, 1.165) is 24.3 Å². The first-order chi connectivity index (χ1) is 8.97. The van der Waals surface area contributed by atoms with Gasteiger partial charge in [-0.05, 0) is 32.9 Å². The van der Waals surface area contributed by atoms with Crippen LogP contribution in [0.2, 0.25) is 0 Å². The van der Waals surface area contributed by atoms with Gasteiger partial charge in [-0.2, -0.15) is 0 Å². The molecule has 0 aliphatic carbocycles. The van der Waals surface area contributed by atoms with Crippen LogP contribution in [0.4, 0.5) is 10.1 Å². The highest BCUT2D eigenvalue weighted by molar-refractivity contribution is 5.54. The van der Waals surface area contributed by atoms with Crippen LogP contribution in [0.3, 0.4) is 0 Å². The Morgan fingerprint density at radius 1 is 1.26 bits per heavy atom. The fourth-order valence-electron chi connectivity index (χ4n) is 2.18. The van der Waals surface area contributed by atoms with Gasteiger partial charge < -0.3 is 15.0 Å². The number of ether oxygens (including phenoxy) is 1. The first kappa shape index (κ1) is 14.3. The molecule has 19 heavy (non-hydrogen) atoms. The van der Waals surface area contributed by atoms with Gasteiger partial charge in [0.2, 0.25) is 0 Å². The molecule has 1 fully saturated rings. The third-order valence-corrected chi connectivity index (χ3v) is 3.24. The second-order valence-corrected chi connectivity index (χ2v) is 5.94. The van der Waals surface area contributed by atoms with Crippen LogP contribution < -0.4 is 10.2 Å². The van der Waals surface area contributed by atoms with Crippen LogP contribution in [0.15, 0.2) is 18.2 Å². The molecular weight excluding hydrogens is 243 g/mol. The summed E-state index contributed by atoms with van der Waals surface area (Å²) in [5, 5.41) is 3.36. The van der Waals surface area contributed by atoms with Crippen molar-refractivity contribution in [2.45, 2.75) is 32.9 Å². The molecule has 1 aliphatic heterocycles. The quantitative estimate of drug-likeness (QED) is 0.910. The van der Waals surface area contributed by atoms with Crippen molar-refractivity contribution in [2.24, 2.45) is 0 Å². The van der Waals surface area contributed by atoms with Crippen molar-refractivity contribution in [1.82, 2.24) is 5.32 Å². The number of nitrogens with one attached hydrogen (secondary N) is 1. The van der Waals surface area contributed by atoms with Gasteiger partial charge in [-0.1, -0.05) is 6.07 Å². The lowest BCUT2D eigenvalue weighted by molar-refractivity contribution is 0.122. The van der Waals surface area contributed by atoms with Crippen LogP contribution in [0.25, 0.3) is 0 Å². The molecule has 0 amide bonds. The normalized spacial score (nSPS) is 16.7. The highest BCUT2D eigenvalue weighted by atomic mass is 19.1. The number of morpholine rings is 1. The van der Waals surface area contributed by atoms with Crippen molar-refractivity contribution in [2.75, 3.05) is 31.2 Å². The zero-order valence-corrected chi connectivity index (χ0v) is 12.0. The van der Waals surface area contributed by atoms with Crippen LogP contribution in [-0.4, -0.2) is 31.8 Å². The number of benzene rings is 1. The molecule has 0 atom stereocenters. The van der Waals surface area contributed by atoms with E-state index in [4.69, 9.17) is 4.74 Å². The summed E-state index contributed by atoms with van der Waals surface area (Å²) >= 11 is 0. The van der Waals surface area contributed by atoms with Gasteiger partial charge in [0.1, 0.15) is 5.82 Å². The lowest BCUT2D eigenvalue weighted by Crippen LogP contribution is -2.39. The molecule has 0 bridgehead atoms. The van der Waals surface area contributed by atoms with Gasteiger partial charge in [-0.25, -0.2) is 4.39 Å². The van der Waals surface area contributed by atoms with E-state index in [1.165, 1.54) is 6.07 Å². The molecule has 3 nitrogen and oxygen atoms in total. The Morgan fingerprint density at radius 2 is 1.95 bits per heavy atom. The Hall–Kier alpha value is -1.13. The van der Waals surface area contributed by atoms with E-state index in [-0.39, 0.29) is 11.4 Å². The molecule has 1 aromatic carbocycles. The molecule has 0 aromatic heterocycles. The van der Waals surface area contributed by atoms with Crippen molar-refractivity contribution in [3.05, 3.63) is 29.6 Å². The van der Waals surface area contributed by atoms with Crippen LogP contribution in [0.5, 0.6) is 0 Å². The van der Waals surface area contributed by atoms with Crippen molar-refractivity contribution >= 4 is 5.69 Å². The predicted octanol–water partition coefficient (Wildman–Crippen LogP) is 2.55. The number of nitrogens with zero attached hydrogens (tertiary/aromatic N) is 1. The average molecular weight is 266 g/mol. The summed E-state index contributed by atoms with van der Waals surface area (Å²) in [6.45, 7) is 9.87. The Kier molecular flexibility index (Phi) is 4.42.